The van der Waals surface area contributed by atoms with Crippen LogP contribution < -0.4 is 0 Å². The van der Waals surface area contributed by atoms with Crippen molar-refractivity contribution < 1.29 is 28.7 Å². The van der Waals surface area contributed by atoms with E-state index in [2.05, 4.69) is 27.9 Å². The summed E-state index contributed by atoms with van der Waals surface area (Å²) in [5, 5.41) is 0. The number of carbonyl (C=O) groups is 4. The van der Waals surface area contributed by atoms with Gasteiger partial charge in [0.05, 0.1) is 6.42 Å². The van der Waals surface area contributed by atoms with E-state index in [4.69, 9.17) is 9.53 Å². The van der Waals surface area contributed by atoms with Crippen LogP contribution in [0.15, 0.2) is 0 Å². The average molecular weight is 328 g/mol. The van der Waals surface area contributed by atoms with Gasteiger partial charge in [-0.05, 0) is 44.0 Å². The van der Waals surface area contributed by atoms with Crippen LogP contribution in [0.25, 0.3) is 0 Å². The monoisotopic (exact) mass is 327 g/mol. The molecule has 1 heterocycles. The second-order valence-corrected chi connectivity index (χ2v) is 5.71. The molecule has 0 saturated carbocycles. The molecular weight excluding hydrogens is 313 g/mol. The van der Waals surface area contributed by atoms with Crippen LogP contribution in [0.3, 0.4) is 0 Å². The lowest BCUT2D eigenvalue weighted by atomic mass is 10.1. The van der Waals surface area contributed by atoms with E-state index in [0.29, 0.717) is 0 Å². The van der Waals surface area contributed by atoms with Gasteiger partial charge in [0, 0.05) is 7.05 Å². The maximum absolute atomic E-state index is 11.4. The van der Waals surface area contributed by atoms with Crippen LogP contribution in [0.5, 0.6) is 0 Å². The molecule has 0 bridgehead atoms. The van der Waals surface area contributed by atoms with E-state index in [1.807, 2.05) is 0 Å². The lowest BCUT2D eigenvalue weighted by Crippen LogP contribution is -2.35. The van der Waals surface area contributed by atoms with Gasteiger partial charge in [-0.25, -0.2) is 9.59 Å². The Morgan fingerprint density at radius 3 is 2.05 bits per heavy atom. The molecule has 1 amide bonds. The van der Waals surface area contributed by atoms with Gasteiger partial charge < -0.3 is 9.47 Å². The number of amides is 1. The minimum atomic E-state index is -0.889. The fourth-order valence-corrected chi connectivity index (χ4v) is 1.27. The van der Waals surface area contributed by atoms with Crippen LogP contribution in [-0.2, 0) is 19.1 Å². The van der Waals surface area contributed by atoms with E-state index in [1.54, 1.807) is 20.8 Å². The largest absolute Gasteiger partial charge is 0.460 e. The fourth-order valence-electron chi connectivity index (χ4n) is 1.27. The molecule has 1 aliphatic heterocycles. The molecule has 9 heteroatoms. The standard InChI is InChI=1S/C10H15NO5.CCl2O/c1-10(2,3)16-7(12)5-6-8(13)15-9(14)11(6)4;2-1(3)4/h6H,5H2,1-4H3;/t6-;/m0./s1. The fraction of sp³-hybridized carbons (Fsp3) is 0.636. The summed E-state index contributed by atoms with van der Waals surface area (Å²) in [7, 11) is 1.41. The summed E-state index contributed by atoms with van der Waals surface area (Å²) >= 11 is 8.80. The molecule has 1 aliphatic rings. The van der Waals surface area contributed by atoms with Gasteiger partial charge >= 0.3 is 22.7 Å². The van der Waals surface area contributed by atoms with Gasteiger partial charge in [-0.15, -0.1) is 0 Å². The van der Waals surface area contributed by atoms with Crippen molar-refractivity contribution in [3.05, 3.63) is 0 Å². The van der Waals surface area contributed by atoms with Crippen molar-refractivity contribution in [2.24, 2.45) is 0 Å². The lowest BCUT2D eigenvalue weighted by molar-refractivity contribution is -0.157. The summed E-state index contributed by atoms with van der Waals surface area (Å²) in [4.78, 5) is 43.7. The van der Waals surface area contributed by atoms with Crippen LogP contribution in [-0.4, -0.2) is 46.3 Å². The molecule has 1 saturated heterocycles. The second kappa shape index (κ2) is 7.44. The highest BCUT2D eigenvalue weighted by Crippen LogP contribution is 2.17. The molecule has 0 radical (unpaired) electrons. The molecule has 0 spiro atoms. The number of likely N-dealkylation sites (N-methyl/N-ethyl adjacent to an activating group) is 1. The van der Waals surface area contributed by atoms with E-state index >= 15 is 0 Å². The molecule has 0 aliphatic carbocycles. The zero-order valence-electron chi connectivity index (χ0n) is 11.4. The Balaban J connectivity index is 0.000000796. The highest BCUT2D eigenvalue weighted by molar-refractivity contribution is 6.93. The number of halogens is 2. The van der Waals surface area contributed by atoms with E-state index < -0.39 is 34.4 Å². The first-order valence-corrected chi connectivity index (χ1v) is 6.25. The molecule has 1 atom stereocenters. The minimum Gasteiger partial charge on any atom is -0.460 e. The summed E-state index contributed by atoms with van der Waals surface area (Å²) in [6, 6.07) is -0.873. The molecule has 0 aromatic carbocycles. The van der Waals surface area contributed by atoms with Crippen molar-refractivity contribution in [1.29, 1.82) is 0 Å². The Morgan fingerprint density at radius 2 is 1.75 bits per heavy atom. The van der Waals surface area contributed by atoms with Crippen LogP contribution in [0.4, 0.5) is 9.59 Å². The van der Waals surface area contributed by atoms with Crippen molar-refractivity contribution in [3.8, 4) is 0 Å². The Morgan fingerprint density at radius 1 is 1.30 bits per heavy atom. The van der Waals surface area contributed by atoms with Gasteiger partial charge in [-0.2, -0.15) is 0 Å². The van der Waals surface area contributed by atoms with Gasteiger partial charge in [0.25, 0.3) is 0 Å². The lowest BCUT2D eigenvalue weighted by Gasteiger charge is -2.21. The van der Waals surface area contributed by atoms with Crippen LogP contribution in [0, 0.1) is 0 Å². The summed E-state index contributed by atoms with van der Waals surface area (Å²) in [5.41, 5.74) is -0.609. The number of nitrogens with zero attached hydrogens (tertiary/aromatic N) is 1. The molecule has 0 N–H and O–H groups in total. The molecule has 0 aromatic heterocycles. The SMILES string of the molecule is CN1C(=O)OC(=O)[C@@H]1CC(=O)OC(C)(C)C.O=C(Cl)Cl. The third-order valence-electron chi connectivity index (χ3n) is 2.00. The number of hydrogen-bond acceptors (Lipinski definition) is 6. The van der Waals surface area contributed by atoms with E-state index in [-0.39, 0.29) is 6.42 Å². The van der Waals surface area contributed by atoms with Gasteiger partial charge in [-0.3, -0.25) is 14.5 Å². The third kappa shape index (κ3) is 7.30. The Labute approximate surface area is 126 Å². The van der Waals surface area contributed by atoms with Crippen LogP contribution >= 0.6 is 23.2 Å². The zero-order chi connectivity index (χ0) is 16.1. The van der Waals surface area contributed by atoms with Crippen molar-refractivity contribution in [3.63, 3.8) is 0 Å². The summed E-state index contributed by atoms with van der Waals surface area (Å²) in [6.07, 6.45) is -0.920. The first-order chi connectivity index (χ1) is 8.94. The highest BCUT2D eigenvalue weighted by Gasteiger charge is 2.40. The van der Waals surface area contributed by atoms with E-state index in [0.717, 1.165) is 4.90 Å². The first kappa shape index (κ1) is 18.7. The van der Waals surface area contributed by atoms with Gasteiger partial charge in [-0.1, -0.05) is 0 Å². The molecule has 7 nitrogen and oxygen atoms in total. The van der Waals surface area contributed by atoms with Crippen molar-refractivity contribution in [2.45, 2.75) is 38.8 Å². The van der Waals surface area contributed by atoms with Crippen molar-refractivity contribution in [2.75, 3.05) is 7.05 Å². The van der Waals surface area contributed by atoms with Gasteiger partial charge in [0.1, 0.15) is 11.6 Å². The maximum atomic E-state index is 11.4. The van der Waals surface area contributed by atoms with Gasteiger partial charge in [0.15, 0.2) is 0 Å². The Bertz CT molecular complexity index is 414. The quantitative estimate of drug-likeness (QED) is 0.439. The van der Waals surface area contributed by atoms with Crippen LogP contribution in [0.2, 0.25) is 0 Å². The first-order valence-electron chi connectivity index (χ1n) is 5.49. The number of esters is 2. The predicted molar refractivity (Wildman–Crippen MR) is 70.6 cm³/mol. The number of carbonyl (C=O) groups excluding carboxylic acids is 4. The summed E-state index contributed by atoms with van der Waals surface area (Å²) in [5.74, 6) is -1.24. The highest BCUT2D eigenvalue weighted by atomic mass is 35.5. The minimum absolute atomic E-state index is 0.182. The topological polar surface area (TPSA) is 90.0 Å². The second-order valence-electron chi connectivity index (χ2n) is 4.83. The molecular formula is C11H15Cl2NO6. The molecule has 0 unspecified atom stereocenters. The Kier molecular flexibility index (Phi) is 6.95. The third-order valence-corrected chi connectivity index (χ3v) is 2.00. The summed E-state index contributed by atoms with van der Waals surface area (Å²) in [6.45, 7) is 5.19. The van der Waals surface area contributed by atoms with Crippen LogP contribution in [0.1, 0.15) is 27.2 Å². The normalized spacial score (nSPS) is 18.1. The number of hydrogen-bond donors (Lipinski definition) is 0. The average Bonchev–Trinajstić information content (AvgIpc) is 2.41. The molecule has 1 fully saturated rings. The number of cyclic esters (lactones) is 2. The summed E-state index contributed by atoms with van der Waals surface area (Å²) < 4.78 is 8.52. The molecule has 0 aromatic rings. The van der Waals surface area contributed by atoms with Gasteiger partial charge in [0.2, 0.25) is 0 Å². The molecule has 20 heavy (non-hydrogen) atoms. The van der Waals surface area contributed by atoms with E-state index in [9.17, 15) is 14.4 Å². The smallest absolute Gasteiger partial charge is 0.418 e. The predicted octanol–water partition coefficient (Wildman–Crippen LogP) is 2.28. The number of rotatable bonds is 2. The van der Waals surface area contributed by atoms with Crippen molar-refractivity contribution in [1.82, 2.24) is 4.90 Å². The van der Waals surface area contributed by atoms with Crippen molar-refractivity contribution >= 4 is 45.9 Å². The maximum Gasteiger partial charge on any atom is 0.418 e. The zero-order valence-corrected chi connectivity index (χ0v) is 12.9. The molecule has 114 valence electrons. The number of ether oxygens (including phenoxy) is 2. The molecule has 1 rings (SSSR count). The Hall–Kier alpha value is -1.34. The van der Waals surface area contributed by atoms with E-state index in [1.165, 1.54) is 7.05 Å².